The van der Waals surface area contributed by atoms with Crippen molar-refractivity contribution in [2.75, 3.05) is 0 Å². The van der Waals surface area contributed by atoms with Crippen molar-refractivity contribution in [1.82, 2.24) is 15.0 Å². The Morgan fingerprint density at radius 2 is 2.11 bits per heavy atom. The van der Waals surface area contributed by atoms with E-state index in [9.17, 15) is 13.6 Å². The number of halogens is 2. The van der Waals surface area contributed by atoms with Crippen LogP contribution in [0.3, 0.4) is 0 Å². The van der Waals surface area contributed by atoms with Crippen LogP contribution >= 0.6 is 0 Å². The zero-order chi connectivity index (χ0) is 13.8. The number of rotatable bonds is 5. The summed E-state index contributed by atoms with van der Waals surface area (Å²) in [4.78, 5) is 11.7. The molecule has 0 saturated carbocycles. The van der Waals surface area contributed by atoms with Crippen LogP contribution < -0.4 is 5.73 Å². The zero-order valence-corrected chi connectivity index (χ0v) is 10.0. The number of benzene rings is 1. The number of aromatic nitrogens is 3. The van der Waals surface area contributed by atoms with Crippen LogP contribution in [0.5, 0.6) is 0 Å². The maximum atomic E-state index is 13.0. The van der Waals surface area contributed by atoms with Crippen LogP contribution in [-0.4, -0.2) is 20.8 Å². The molecule has 2 rings (SSSR count). The van der Waals surface area contributed by atoms with Gasteiger partial charge in [0.1, 0.15) is 6.54 Å². The fourth-order valence-electron chi connectivity index (χ4n) is 1.62. The van der Waals surface area contributed by atoms with E-state index in [0.717, 1.165) is 12.1 Å². The summed E-state index contributed by atoms with van der Waals surface area (Å²) in [5.74, 6) is -2.07. The summed E-state index contributed by atoms with van der Waals surface area (Å²) < 4.78 is 27.1. The van der Waals surface area contributed by atoms with E-state index in [0.29, 0.717) is 11.3 Å². The van der Waals surface area contributed by atoms with Gasteiger partial charge in [-0.1, -0.05) is 11.3 Å². The molecule has 2 aromatic rings. The average Bonchev–Trinajstić information content (AvgIpc) is 2.81. The molecule has 2 N–H and O–H groups in total. The van der Waals surface area contributed by atoms with Gasteiger partial charge in [0.2, 0.25) is 0 Å². The molecule has 7 heteroatoms. The van der Waals surface area contributed by atoms with Gasteiger partial charge in [0.05, 0.1) is 11.9 Å². The summed E-state index contributed by atoms with van der Waals surface area (Å²) in [7, 11) is 0. The lowest BCUT2D eigenvalue weighted by atomic mass is 10.1. The molecule has 1 aromatic carbocycles. The summed E-state index contributed by atoms with van der Waals surface area (Å²) in [5, 5.41) is 7.48. The quantitative estimate of drug-likeness (QED) is 0.869. The molecule has 0 aliphatic heterocycles. The predicted octanol–water partition coefficient (Wildman–Crippen LogP) is 0.827. The van der Waals surface area contributed by atoms with Crippen molar-refractivity contribution in [1.29, 1.82) is 0 Å². The van der Waals surface area contributed by atoms with E-state index in [1.54, 1.807) is 6.20 Å². The van der Waals surface area contributed by atoms with Crippen LogP contribution in [0.2, 0.25) is 0 Å². The normalized spacial score (nSPS) is 10.7. The van der Waals surface area contributed by atoms with Gasteiger partial charge in [-0.2, -0.15) is 0 Å². The van der Waals surface area contributed by atoms with Gasteiger partial charge in [-0.3, -0.25) is 4.79 Å². The van der Waals surface area contributed by atoms with Crippen molar-refractivity contribution in [2.24, 2.45) is 5.73 Å². The van der Waals surface area contributed by atoms with Gasteiger partial charge < -0.3 is 5.73 Å². The molecular weight excluding hydrogens is 254 g/mol. The highest BCUT2D eigenvalue weighted by Gasteiger charge is 2.09. The fourth-order valence-corrected chi connectivity index (χ4v) is 1.62. The second-order valence-electron chi connectivity index (χ2n) is 4.08. The molecule has 0 aliphatic carbocycles. The molecule has 0 radical (unpaired) electrons. The van der Waals surface area contributed by atoms with E-state index in [1.807, 2.05) is 0 Å². The van der Waals surface area contributed by atoms with Gasteiger partial charge in [0.25, 0.3) is 0 Å². The Kier molecular flexibility index (Phi) is 3.96. The van der Waals surface area contributed by atoms with Crippen molar-refractivity contribution in [3.63, 3.8) is 0 Å². The average molecular weight is 266 g/mol. The first-order valence-corrected chi connectivity index (χ1v) is 5.63. The van der Waals surface area contributed by atoms with Gasteiger partial charge in [-0.25, -0.2) is 13.5 Å². The van der Waals surface area contributed by atoms with Gasteiger partial charge in [-0.05, 0) is 17.7 Å². The molecule has 1 aromatic heterocycles. The van der Waals surface area contributed by atoms with Gasteiger partial charge >= 0.3 is 0 Å². The maximum Gasteiger partial charge on any atom is 0.159 e. The third-order valence-electron chi connectivity index (χ3n) is 2.52. The topological polar surface area (TPSA) is 73.8 Å². The summed E-state index contributed by atoms with van der Waals surface area (Å²) in [6.07, 6.45) is 1.58. The molecule has 0 aliphatic rings. The minimum atomic E-state index is -0.962. The highest BCUT2D eigenvalue weighted by molar-refractivity contribution is 5.80. The van der Waals surface area contributed by atoms with E-state index in [1.165, 1.54) is 10.7 Å². The van der Waals surface area contributed by atoms with Crippen molar-refractivity contribution < 1.29 is 13.6 Å². The number of hydrogen-bond donors (Lipinski definition) is 1. The Morgan fingerprint density at radius 3 is 2.74 bits per heavy atom. The monoisotopic (exact) mass is 266 g/mol. The SMILES string of the molecule is NCc1cn(CC(=O)Cc2ccc(F)c(F)c2)nn1. The summed E-state index contributed by atoms with van der Waals surface area (Å²) in [6.45, 7) is 0.267. The minimum absolute atomic E-state index is 0.00895. The lowest BCUT2D eigenvalue weighted by molar-refractivity contribution is -0.119. The Morgan fingerprint density at radius 1 is 1.32 bits per heavy atom. The molecule has 0 spiro atoms. The smallest absolute Gasteiger partial charge is 0.159 e. The first-order chi connectivity index (χ1) is 9.08. The molecular formula is C12H12F2N4O. The first-order valence-electron chi connectivity index (χ1n) is 5.63. The van der Waals surface area contributed by atoms with Crippen molar-refractivity contribution in [2.45, 2.75) is 19.5 Å². The Balaban J connectivity index is 1.98. The van der Waals surface area contributed by atoms with Gasteiger partial charge in [0, 0.05) is 13.0 Å². The highest BCUT2D eigenvalue weighted by Crippen LogP contribution is 2.09. The fraction of sp³-hybridized carbons (Fsp3) is 0.250. The maximum absolute atomic E-state index is 13.0. The van der Waals surface area contributed by atoms with Crippen LogP contribution in [0.25, 0.3) is 0 Å². The Labute approximate surface area is 108 Å². The summed E-state index contributed by atoms with van der Waals surface area (Å²) in [6, 6.07) is 3.39. The minimum Gasteiger partial charge on any atom is -0.325 e. The van der Waals surface area contributed by atoms with Crippen LogP contribution in [0.4, 0.5) is 8.78 Å². The van der Waals surface area contributed by atoms with Crippen molar-refractivity contribution >= 4 is 5.78 Å². The predicted molar refractivity (Wildman–Crippen MR) is 63.0 cm³/mol. The number of carbonyl (C=O) groups excluding carboxylic acids is 1. The van der Waals surface area contributed by atoms with Gasteiger partial charge in [0.15, 0.2) is 17.4 Å². The molecule has 0 atom stereocenters. The van der Waals surface area contributed by atoms with E-state index in [4.69, 9.17) is 5.73 Å². The lowest BCUT2D eigenvalue weighted by Gasteiger charge is -2.02. The number of ketones is 1. The van der Waals surface area contributed by atoms with E-state index < -0.39 is 11.6 Å². The van der Waals surface area contributed by atoms with Crippen molar-refractivity contribution in [3.8, 4) is 0 Å². The molecule has 0 fully saturated rings. The van der Waals surface area contributed by atoms with Crippen LogP contribution in [0.1, 0.15) is 11.3 Å². The molecule has 100 valence electrons. The number of nitrogens with zero attached hydrogens (tertiary/aromatic N) is 3. The second-order valence-corrected chi connectivity index (χ2v) is 4.08. The zero-order valence-electron chi connectivity index (χ0n) is 10.0. The Bertz CT molecular complexity index is 597. The number of carbonyl (C=O) groups is 1. The third kappa shape index (κ3) is 3.41. The van der Waals surface area contributed by atoms with E-state index in [-0.39, 0.29) is 25.3 Å². The summed E-state index contributed by atoms with van der Waals surface area (Å²) >= 11 is 0. The first kappa shape index (κ1) is 13.3. The van der Waals surface area contributed by atoms with E-state index >= 15 is 0 Å². The van der Waals surface area contributed by atoms with Crippen LogP contribution in [0.15, 0.2) is 24.4 Å². The summed E-state index contributed by atoms with van der Waals surface area (Å²) in [5.41, 5.74) is 6.37. The van der Waals surface area contributed by atoms with Crippen LogP contribution in [-0.2, 0) is 24.3 Å². The largest absolute Gasteiger partial charge is 0.325 e. The van der Waals surface area contributed by atoms with E-state index in [2.05, 4.69) is 10.3 Å². The molecule has 0 bridgehead atoms. The molecule has 0 unspecified atom stereocenters. The van der Waals surface area contributed by atoms with Crippen LogP contribution in [0, 0.1) is 11.6 Å². The number of Topliss-reactive ketones (excluding diaryl/α,β-unsaturated/α-hetero) is 1. The standard InChI is InChI=1S/C12H12F2N4O/c13-11-2-1-8(4-12(11)14)3-10(19)7-18-6-9(5-15)16-17-18/h1-2,4,6H,3,5,7,15H2. The second kappa shape index (κ2) is 5.66. The molecule has 1 heterocycles. The third-order valence-corrected chi connectivity index (χ3v) is 2.52. The number of hydrogen-bond acceptors (Lipinski definition) is 4. The molecule has 5 nitrogen and oxygen atoms in total. The van der Waals surface area contributed by atoms with Crippen molar-refractivity contribution in [3.05, 3.63) is 47.3 Å². The lowest BCUT2D eigenvalue weighted by Crippen LogP contribution is -2.13. The molecule has 0 amide bonds. The highest BCUT2D eigenvalue weighted by atomic mass is 19.2. The number of nitrogens with two attached hydrogens (primary N) is 1. The molecule has 0 saturated heterocycles. The van der Waals surface area contributed by atoms with Gasteiger partial charge in [-0.15, -0.1) is 5.10 Å². The Hall–Kier alpha value is -2.15. The molecule has 19 heavy (non-hydrogen) atoms.